The van der Waals surface area contributed by atoms with Gasteiger partial charge in [-0.1, -0.05) is 63.7 Å². The number of phenols is 1. The van der Waals surface area contributed by atoms with Crippen molar-refractivity contribution in [2.75, 3.05) is 11.5 Å². The van der Waals surface area contributed by atoms with Gasteiger partial charge in [-0.15, -0.1) is 0 Å². The van der Waals surface area contributed by atoms with Crippen molar-refractivity contribution in [2.24, 2.45) is 23.2 Å². The second-order valence-electron chi connectivity index (χ2n) is 13.2. The molecule has 42 heavy (non-hydrogen) atoms. The molecule has 2 N–H and O–H groups in total. The fraction of sp³-hybridized carbons (Fsp3) is 0.758. The number of allylic oxidation sites excluding steroid dienone is 1. The van der Waals surface area contributed by atoms with E-state index in [2.05, 4.69) is 13.5 Å². The molecule has 0 amide bonds. The predicted molar refractivity (Wildman–Crippen MR) is 157 cm³/mol. The molecule has 1 aromatic carbocycles. The highest BCUT2D eigenvalue weighted by molar-refractivity contribution is 7.84. The van der Waals surface area contributed by atoms with Gasteiger partial charge in [0.15, 0.2) is 0 Å². The number of benzene rings is 1. The van der Waals surface area contributed by atoms with Gasteiger partial charge in [-0.25, -0.2) is 0 Å². The minimum atomic E-state index is -5.55. The lowest BCUT2D eigenvalue weighted by Gasteiger charge is -2.54. The Morgan fingerprint density at radius 3 is 2.29 bits per heavy atom. The minimum Gasteiger partial charge on any atom is -0.508 e. The van der Waals surface area contributed by atoms with E-state index in [-0.39, 0.29) is 22.8 Å². The summed E-state index contributed by atoms with van der Waals surface area (Å²) in [5.74, 6) is -2.80. The summed E-state index contributed by atoms with van der Waals surface area (Å²) in [4.78, 5) is 0. The second kappa shape index (κ2) is 13.7. The average Bonchev–Trinajstić information content (AvgIpc) is 3.22. The van der Waals surface area contributed by atoms with Crippen molar-refractivity contribution in [1.29, 1.82) is 0 Å². The maximum atomic E-state index is 13.0. The van der Waals surface area contributed by atoms with Gasteiger partial charge in [-0.05, 0) is 97.3 Å². The van der Waals surface area contributed by atoms with Crippen LogP contribution < -0.4 is 0 Å². The van der Waals surface area contributed by atoms with Gasteiger partial charge in [0.05, 0.1) is 6.10 Å². The van der Waals surface area contributed by atoms with E-state index < -0.39 is 41.8 Å². The number of rotatable bonds is 14. The summed E-state index contributed by atoms with van der Waals surface area (Å²) in [7, 11) is -1.37. The van der Waals surface area contributed by atoms with E-state index in [9.17, 15) is 36.4 Å². The van der Waals surface area contributed by atoms with Crippen molar-refractivity contribution in [3.63, 3.8) is 0 Å². The number of phenolic OH excluding ortho intramolecular Hbond substituents is 1. The van der Waals surface area contributed by atoms with Gasteiger partial charge in [0.25, 0.3) is 0 Å². The lowest BCUT2D eigenvalue weighted by Crippen LogP contribution is -2.45. The number of unbranched alkanes of at least 4 members (excludes halogenated alkanes) is 6. The lowest BCUT2D eigenvalue weighted by atomic mass is 9.51. The Kier molecular flexibility index (Phi) is 10.9. The minimum absolute atomic E-state index is 0.126. The van der Waals surface area contributed by atoms with Crippen molar-refractivity contribution in [3.8, 4) is 5.75 Å². The number of aliphatic hydroxyl groups excluding tert-OH is 1. The maximum Gasteiger partial charge on any atom is 0.453 e. The molecule has 9 heteroatoms. The van der Waals surface area contributed by atoms with Crippen LogP contribution >= 0.6 is 0 Å². The zero-order valence-electron chi connectivity index (χ0n) is 24.7. The fourth-order valence-electron chi connectivity index (χ4n) is 8.24. The number of hydrogen-bond donors (Lipinski definition) is 2. The molecule has 3 aliphatic carbocycles. The molecule has 7 atom stereocenters. The largest absolute Gasteiger partial charge is 0.508 e. The Morgan fingerprint density at radius 2 is 1.60 bits per heavy atom. The fourth-order valence-corrected chi connectivity index (χ4v) is 9.43. The molecule has 0 saturated heterocycles. The highest BCUT2D eigenvalue weighted by Crippen LogP contribution is 2.65. The summed E-state index contributed by atoms with van der Waals surface area (Å²) in [6.07, 6.45) is 4.19. The first-order valence-electron chi connectivity index (χ1n) is 15.7. The quantitative estimate of drug-likeness (QED) is 0.124. The zero-order chi connectivity index (χ0) is 30.7. The van der Waals surface area contributed by atoms with Gasteiger partial charge >= 0.3 is 12.1 Å². The Bertz CT molecular complexity index is 1110. The van der Waals surface area contributed by atoms with Crippen LogP contribution in [-0.2, 0) is 10.8 Å². The lowest BCUT2D eigenvalue weighted by molar-refractivity contribution is -0.284. The molecule has 1 aromatic rings. The number of aliphatic hydroxyl groups is 1. The first kappa shape index (κ1) is 33.4. The number of hydrogen-bond acceptors (Lipinski definition) is 3. The Hall–Kier alpha value is -1.48. The molecule has 4 rings (SSSR count). The molecule has 0 heterocycles. The van der Waals surface area contributed by atoms with Gasteiger partial charge in [-0.3, -0.25) is 4.21 Å². The van der Waals surface area contributed by atoms with E-state index in [1.165, 1.54) is 11.1 Å². The number of aromatic hydroxyl groups is 1. The number of alkyl halides is 5. The van der Waals surface area contributed by atoms with Crippen molar-refractivity contribution < 1.29 is 36.4 Å². The molecule has 2 fully saturated rings. The third-order valence-corrected chi connectivity index (χ3v) is 12.2. The van der Waals surface area contributed by atoms with Gasteiger partial charge < -0.3 is 10.2 Å². The van der Waals surface area contributed by atoms with E-state index in [4.69, 9.17) is 0 Å². The summed E-state index contributed by atoms with van der Waals surface area (Å²) in [6, 6.07) is 5.54. The van der Waals surface area contributed by atoms with Crippen LogP contribution in [-0.4, -0.2) is 38.0 Å². The van der Waals surface area contributed by atoms with E-state index >= 15 is 0 Å². The van der Waals surface area contributed by atoms with Crippen molar-refractivity contribution in [3.05, 3.63) is 41.5 Å². The van der Waals surface area contributed by atoms with Crippen molar-refractivity contribution in [2.45, 2.75) is 121 Å². The highest BCUT2D eigenvalue weighted by Gasteiger charge is 2.57. The van der Waals surface area contributed by atoms with Crippen molar-refractivity contribution in [1.82, 2.24) is 0 Å². The molecular weight excluding hydrogens is 571 g/mol. The summed E-state index contributed by atoms with van der Waals surface area (Å²) in [5, 5.41) is 21.8. The molecule has 2 saturated carbocycles. The van der Waals surface area contributed by atoms with Crippen LogP contribution in [0.25, 0.3) is 0 Å². The second-order valence-corrected chi connectivity index (χ2v) is 14.9. The van der Waals surface area contributed by atoms with Gasteiger partial charge in [0.2, 0.25) is 0 Å². The molecule has 0 bridgehead atoms. The summed E-state index contributed by atoms with van der Waals surface area (Å²) in [5.41, 5.74) is 3.61. The van der Waals surface area contributed by atoms with Gasteiger partial charge in [0, 0.05) is 28.7 Å². The predicted octanol–water partition coefficient (Wildman–Crippen LogP) is 9.37. The maximum absolute atomic E-state index is 13.0. The molecule has 3 nitrogen and oxygen atoms in total. The van der Waals surface area contributed by atoms with E-state index in [1.54, 1.807) is 12.1 Å². The van der Waals surface area contributed by atoms with Gasteiger partial charge in [0.1, 0.15) is 5.75 Å². The zero-order valence-corrected chi connectivity index (χ0v) is 25.6. The molecule has 0 spiro atoms. The molecule has 0 radical (unpaired) electrons. The molecule has 5 unspecified atom stereocenters. The molecule has 3 aliphatic rings. The monoisotopic (exact) mass is 618 g/mol. The van der Waals surface area contributed by atoms with E-state index in [1.807, 2.05) is 6.07 Å². The van der Waals surface area contributed by atoms with Gasteiger partial charge in [-0.2, -0.15) is 22.0 Å². The van der Waals surface area contributed by atoms with Crippen LogP contribution in [0.3, 0.4) is 0 Å². The van der Waals surface area contributed by atoms with E-state index in [0.29, 0.717) is 29.9 Å². The summed E-state index contributed by atoms with van der Waals surface area (Å²) >= 11 is 0. The topological polar surface area (TPSA) is 57.5 Å². The normalized spacial score (nSPS) is 30.1. The number of fused-ring (bicyclic) bond motifs is 5. The Labute approximate surface area is 249 Å². The van der Waals surface area contributed by atoms with Crippen LogP contribution in [0.2, 0.25) is 0 Å². The first-order chi connectivity index (χ1) is 19.8. The van der Waals surface area contributed by atoms with Crippen LogP contribution in [0.15, 0.2) is 30.4 Å². The Morgan fingerprint density at radius 1 is 0.952 bits per heavy atom. The molecule has 0 aromatic heterocycles. The third-order valence-electron chi connectivity index (χ3n) is 10.7. The highest BCUT2D eigenvalue weighted by atomic mass is 32.2. The first-order valence-corrected chi connectivity index (χ1v) is 17.2. The number of halogens is 5. The SMILES string of the molecule is C=C1CCC2C3C(CC[C@]12C)c1ccc(O)cc1[C@@H](O)C3CCCCCCCCCS(=O)CCCC(F)(F)C(F)(F)F. The average molecular weight is 619 g/mol. The standard InChI is InChI=1S/C33H47F5O3S/c1-22-12-15-28-29-25(16-18-31(22,28)2)24-14-13-23(39)21-27(24)30(40)26(29)11-8-6-4-3-5-7-9-19-42(41)20-10-17-32(34,35)33(36,37)38/h13-14,21,25-26,28-30,39-40H,1,3-12,15-20H2,2H3/t25?,26?,28?,29?,30-,31+,42?/m0/s1. The van der Waals surface area contributed by atoms with Crippen LogP contribution in [0.5, 0.6) is 5.75 Å². The van der Waals surface area contributed by atoms with Crippen molar-refractivity contribution >= 4 is 10.8 Å². The van der Waals surface area contributed by atoms with E-state index in [0.717, 1.165) is 76.2 Å². The summed E-state index contributed by atoms with van der Waals surface area (Å²) in [6.45, 7) is 6.80. The smallest absolute Gasteiger partial charge is 0.453 e. The van der Waals surface area contributed by atoms with Crippen LogP contribution in [0, 0.1) is 23.2 Å². The molecule has 0 aliphatic heterocycles. The Balaban J connectivity index is 1.19. The molecule has 238 valence electrons. The third kappa shape index (κ3) is 7.24. The summed E-state index contributed by atoms with van der Waals surface area (Å²) < 4.78 is 74.6. The molecular formula is C33H47F5O3S. The van der Waals surface area contributed by atoms with Crippen LogP contribution in [0.4, 0.5) is 22.0 Å². The van der Waals surface area contributed by atoms with Crippen LogP contribution in [0.1, 0.15) is 120 Å².